The molecule has 3 aromatic rings. The van der Waals surface area contributed by atoms with Crippen LogP contribution in [-0.2, 0) is 10.3 Å². The molecular formula is C19H20ClN3O2. The highest BCUT2D eigenvalue weighted by Crippen LogP contribution is 2.40. The number of aromatic nitrogens is 1. The van der Waals surface area contributed by atoms with Gasteiger partial charge in [-0.05, 0) is 37.5 Å². The average Bonchev–Trinajstić information content (AvgIpc) is 3.35. The summed E-state index contributed by atoms with van der Waals surface area (Å²) in [6, 6.07) is 14.8. The number of nitrogens with one attached hydrogen (secondary N) is 1. The number of carbonyl (C=O) groups excluding carboxylic acids is 1. The van der Waals surface area contributed by atoms with E-state index in [1.807, 2.05) is 42.5 Å². The van der Waals surface area contributed by atoms with Crippen LogP contribution in [0.1, 0.15) is 37.1 Å². The molecule has 0 radical (unpaired) electrons. The molecule has 1 heterocycles. The quantitative estimate of drug-likeness (QED) is 0.741. The first-order valence-electron chi connectivity index (χ1n) is 8.10. The standard InChI is InChI=1S/C19H19N3O2.ClH/c1-19(20,13-5-3-2-4-6-13)18(23)21-14-9-10-15-16(11-14)24-17(22-15)12-7-8-12;/h2-6,9-12H,7-8,20H2,1H3,(H,21,23);1H. The normalized spacial score (nSPS) is 16.1. The van der Waals surface area contributed by atoms with E-state index in [-0.39, 0.29) is 18.3 Å². The van der Waals surface area contributed by atoms with Crippen molar-refractivity contribution in [3.8, 4) is 0 Å². The lowest BCUT2D eigenvalue weighted by Gasteiger charge is -2.24. The second kappa shape index (κ2) is 6.50. The minimum atomic E-state index is -1.11. The van der Waals surface area contributed by atoms with Crippen LogP contribution in [0, 0.1) is 0 Å². The first-order valence-corrected chi connectivity index (χ1v) is 8.10. The lowest BCUT2D eigenvalue weighted by molar-refractivity contribution is -0.120. The zero-order valence-electron chi connectivity index (χ0n) is 13.9. The molecule has 0 bridgehead atoms. The largest absolute Gasteiger partial charge is 0.440 e. The fraction of sp³-hybridized carbons (Fsp3) is 0.263. The van der Waals surface area contributed by atoms with Gasteiger partial charge in [-0.15, -0.1) is 12.4 Å². The van der Waals surface area contributed by atoms with E-state index in [9.17, 15) is 4.79 Å². The summed E-state index contributed by atoms with van der Waals surface area (Å²) in [7, 11) is 0. The zero-order chi connectivity index (χ0) is 16.7. The number of halogens is 1. The molecule has 1 unspecified atom stereocenters. The molecule has 1 amide bonds. The van der Waals surface area contributed by atoms with E-state index < -0.39 is 5.54 Å². The summed E-state index contributed by atoms with van der Waals surface area (Å²) in [6.45, 7) is 1.70. The van der Waals surface area contributed by atoms with Crippen molar-refractivity contribution in [3.05, 3.63) is 60.0 Å². The first-order chi connectivity index (χ1) is 11.5. The van der Waals surface area contributed by atoms with Gasteiger partial charge in [0.15, 0.2) is 11.5 Å². The molecule has 0 spiro atoms. The smallest absolute Gasteiger partial charge is 0.248 e. The maximum Gasteiger partial charge on any atom is 0.248 e. The van der Waals surface area contributed by atoms with E-state index in [1.54, 1.807) is 13.0 Å². The van der Waals surface area contributed by atoms with Crippen LogP contribution in [-0.4, -0.2) is 10.9 Å². The Kier molecular flexibility index (Phi) is 4.54. The molecule has 0 aliphatic heterocycles. The molecule has 1 fully saturated rings. The highest BCUT2D eigenvalue weighted by atomic mass is 35.5. The summed E-state index contributed by atoms with van der Waals surface area (Å²) in [5.74, 6) is 0.984. The molecule has 1 aliphatic rings. The van der Waals surface area contributed by atoms with Crippen LogP contribution in [0.5, 0.6) is 0 Å². The Bertz CT molecular complexity index is 901. The molecule has 4 rings (SSSR count). The van der Waals surface area contributed by atoms with Crippen molar-refractivity contribution in [2.24, 2.45) is 5.73 Å². The van der Waals surface area contributed by atoms with Gasteiger partial charge in [0.2, 0.25) is 5.91 Å². The number of fused-ring (bicyclic) bond motifs is 1. The van der Waals surface area contributed by atoms with Gasteiger partial charge in [0.1, 0.15) is 11.1 Å². The fourth-order valence-corrected chi connectivity index (χ4v) is 2.70. The Labute approximate surface area is 152 Å². The van der Waals surface area contributed by atoms with Gasteiger partial charge in [-0.2, -0.15) is 0 Å². The highest BCUT2D eigenvalue weighted by molar-refractivity contribution is 5.99. The van der Waals surface area contributed by atoms with Crippen LogP contribution in [0.15, 0.2) is 52.9 Å². The van der Waals surface area contributed by atoms with Crippen molar-refractivity contribution in [2.75, 3.05) is 5.32 Å². The Balaban J connectivity index is 0.00000182. The number of rotatable bonds is 4. The third-order valence-corrected chi connectivity index (χ3v) is 4.43. The van der Waals surface area contributed by atoms with Gasteiger partial charge in [-0.1, -0.05) is 30.3 Å². The van der Waals surface area contributed by atoms with E-state index in [4.69, 9.17) is 10.2 Å². The van der Waals surface area contributed by atoms with E-state index in [1.165, 1.54) is 0 Å². The first kappa shape index (κ1) is 17.5. The molecular weight excluding hydrogens is 338 g/mol. The van der Waals surface area contributed by atoms with Crippen LogP contribution in [0.3, 0.4) is 0 Å². The monoisotopic (exact) mass is 357 g/mol. The molecule has 2 aromatic carbocycles. The molecule has 25 heavy (non-hydrogen) atoms. The molecule has 1 saturated carbocycles. The molecule has 1 aromatic heterocycles. The number of anilines is 1. The maximum absolute atomic E-state index is 12.6. The van der Waals surface area contributed by atoms with Gasteiger partial charge < -0.3 is 15.5 Å². The molecule has 5 nitrogen and oxygen atoms in total. The van der Waals surface area contributed by atoms with E-state index in [0.717, 1.165) is 29.8 Å². The van der Waals surface area contributed by atoms with Crippen LogP contribution in [0.25, 0.3) is 11.1 Å². The number of amides is 1. The summed E-state index contributed by atoms with van der Waals surface area (Å²) in [5.41, 5.74) is 8.05. The Morgan fingerprint density at radius 3 is 2.64 bits per heavy atom. The number of hydrogen-bond donors (Lipinski definition) is 2. The van der Waals surface area contributed by atoms with Gasteiger partial charge in [-0.25, -0.2) is 4.98 Å². The fourth-order valence-electron chi connectivity index (χ4n) is 2.70. The zero-order valence-corrected chi connectivity index (χ0v) is 14.7. The SMILES string of the molecule is CC(N)(C(=O)Nc1ccc2nc(C3CC3)oc2c1)c1ccccc1.Cl. The lowest BCUT2D eigenvalue weighted by Crippen LogP contribution is -2.45. The topological polar surface area (TPSA) is 81.2 Å². The number of oxazole rings is 1. The Morgan fingerprint density at radius 1 is 1.24 bits per heavy atom. The molecule has 130 valence electrons. The summed E-state index contributed by atoms with van der Waals surface area (Å²) < 4.78 is 5.79. The van der Waals surface area contributed by atoms with Crippen LogP contribution < -0.4 is 11.1 Å². The van der Waals surface area contributed by atoms with Gasteiger partial charge >= 0.3 is 0 Å². The van der Waals surface area contributed by atoms with Gasteiger partial charge in [0.25, 0.3) is 0 Å². The van der Waals surface area contributed by atoms with E-state index in [0.29, 0.717) is 17.2 Å². The number of hydrogen-bond acceptors (Lipinski definition) is 4. The third kappa shape index (κ3) is 3.38. The minimum absolute atomic E-state index is 0. The van der Waals surface area contributed by atoms with Crippen molar-refractivity contribution >= 4 is 35.1 Å². The van der Waals surface area contributed by atoms with E-state index >= 15 is 0 Å². The maximum atomic E-state index is 12.6. The molecule has 1 atom stereocenters. The minimum Gasteiger partial charge on any atom is -0.440 e. The van der Waals surface area contributed by atoms with Crippen LogP contribution in [0.2, 0.25) is 0 Å². The summed E-state index contributed by atoms with van der Waals surface area (Å²) in [4.78, 5) is 17.1. The Morgan fingerprint density at radius 2 is 1.96 bits per heavy atom. The van der Waals surface area contributed by atoms with Crippen molar-refractivity contribution in [3.63, 3.8) is 0 Å². The number of benzene rings is 2. The Hall–Kier alpha value is -2.37. The lowest BCUT2D eigenvalue weighted by atomic mass is 9.92. The van der Waals surface area contributed by atoms with Gasteiger partial charge in [-0.3, -0.25) is 4.79 Å². The van der Waals surface area contributed by atoms with E-state index in [2.05, 4.69) is 10.3 Å². The third-order valence-electron chi connectivity index (χ3n) is 4.43. The molecule has 1 aliphatic carbocycles. The van der Waals surface area contributed by atoms with Crippen LogP contribution >= 0.6 is 12.4 Å². The van der Waals surface area contributed by atoms with Gasteiger partial charge in [0.05, 0.1) is 0 Å². The number of carbonyl (C=O) groups is 1. The molecule has 0 saturated heterocycles. The number of nitrogens with two attached hydrogens (primary N) is 1. The van der Waals surface area contributed by atoms with Crippen molar-refractivity contribution in [2.45, 2.75) is 31.2 Å². The second-order valence-electron chi connectivity index (χ2n) is 6.53. The van der Waals surface area contributed by atoms with Crippen molar-refractivity contribution < 1.29 is 9.21 Å². The second-order valence-corrected chi connectivity index (χ2v) is 6.53. The number of nitrogens with zero attached hydrogens (tertiary/aromatic N) is 1. The van der Waals surface area contributed by atoms with Gasteiger partial charge in [0, 0.05) is 17.7 Å². The summed E-state index contributed by atoms with van der Waals surface area (Å²) >= 11 is 0. The van der Waals surface area contributed by atoms with Crippen molar-refractivity contribution in [1.82, 2.24) is 4.98 Å². The molecule has 3 N–H and O–H groups in total. The summed E-state index contributed by atoms with van der Waals surface area (Å²) in [6.07, 6.45) is 2.28. The predicted octanol–water partition coefficient (Wildman–Crippen LogP) is 3.94. The highest BCUT2D eigenvalue weighted by Gasteiger charge is 2.31. The predicted molar refractivity (Wildman–Crippen MR) is 99.8 cm³/mol. The van der Waals surface area contributed by atoms with Crippen LogP contribution in [0.4, 0.5) is 5.69 Å². The molecule has 6 heteroatoms. The van der Waals surface area contributed by atoms with Crippen molar-refractivity contribution in [1.29, 1.82) is 0 Å². The average molecular weight is 358 g/mol. The summed E-state index contributed by atoms with van der Waals surface area (Å²) in [5, 5.41) is 2.88.